The second-order valence-electron chi connectivity index (χ2n) is 12.5. The van der Waals surface area contributed by atoms with Gasteiger partial charge in [0, 0.05) is 27.5 Å². The molecule has 0 bridgehead atoms. The minimum atomic E-state index is 0.922. The molecule has 0 saturated heterocycles. The van der Waals surface area contributed by atoms with Crippen LogP contribution in [0.25, 0.3) is 76.2 Å². The fourth-order valence-corrected chi connectivity index (χ4v) is 7.51. The number of rotatable bonds is 4. The molecule has 2 nitrogen and oxygen atoms in total. The summed E-state index contributed by atoms with van der Waals surface area (Å²) < 4.78 is 6.22. The zero-order valence-electron chi connectivity index (χ0n) is 26.1. The first kappa shape index (κ1) is 26.8. The standard InChI is InChI=1S/C46H29NO/c1-2-10-30(11-3-1)32-13-8-14-35(26-32)47(44-18-9-17-39-37-15-5-4-12-31(37)22-24-40(39)44)36-23-25-38-33(27-36)20-21-34-28-46-43(29-42(34)38)41-16-6-7-19-45(41)48-46/h1-29H. The highest BCUT2D eigenvalue weighted by atomic mass is 16.3. The van der Waals surface area contributed by atoms with Gasteiger partial charge >= 0.3 is 0 Å². The zero-order valence-corrected chi connectivity index (χ0v) is 26.1. The number of anilines is 3. The highest BCUT2D eigenvalue weighted by molar-refractivity contribution is 6.17. The van der Waals surface area contributed by atoms with Gasteiger partial charge in [-0.05, 0) is 97.4 Å². The molecule has 2 heteroatoms. The van der Waals surface area contributed by atoms with Gasteiger partial charge in [0.15, 0.2) is 0 Å². The van der Waals surface area contributed by atoms with Crippen LogP contribution < -0.4 is 4.90 Å². The fourth-order valence-electron chi connectivity index (χ4n) is 7.51. The number of hydrogen-bond donors (Lipinski definition) is 0. The van der Waals surface area contributed by atoms with E-state index in [1.165, 1.54) is 54.2 Å². The van der Waals surface area contributed by atoms with Crippen molar-refractivity contribution in [3.05, 3.63) is 176 Å². The van der Waals surface area contributed by atoms with Gasteiger partial charge in [0.1, 0.15) is 11.2 Å². The summed E-state index contributed by atoms with van der Waals surface area (Å²) in [7, 11) is 0. The molecular formula is C46H29NO. The first-order chi connectivity index (χ1) is 23.8. The molecule has 0 N–H and O–H groups in total. The van der Waals surface area contributed by atoms with Crippen LogP contribution in [0.4, 0.5) is 17.1 Å². The molecule has 224 valence electrons. The molecule has 0 aliphatic carbocycles. The normalized spacial score (nSPS) is 11.8. The number of para-hydroxylation sites is 1. The second-order valence-corrected chi connectivity index (χ2v) is 12.5. The van der Waals surface area contributed by atoms with Crippen LogP contribution in [-0.2, 0) is 0 Å². The molecule has 0 aliphatic rings. The molecule has 10 aromatic rings. The summed E-state index contributed by atoms with van der Waals surface area (Å²) in [4.78, 5) is 2.42. The van der Waals surface area contributed by atoms with E-state index in [-0.39, 0.29) is 0 Å². The van der Waals surface area contributed by atoms with E-state index in [2.05, 4.69) is 169 Å². The van der Waals surface area contributed by atoms with Crippen molar-refractivity contribution in [1.29, 1.82) is 0 Å². The molecule has 0 unspecified atom stereocenters. The Morgan fingerprint density at radius 2 is 0.979 bits per heavy atom. The molecule has 0 aliphatic heterocycles. The van der Waals surface area contributed by atoms with Gasteiger partial charge < -0.3 is 9.32 Å². The Kier molecular flexibility index (Phi) is 5.91. The Balaban J connectivity index is 1.21. The molecule has 0 amide bonds. The lowest BCUT2D eigenvalue weighted by Gasteiger charge is -2.28. The van der Waals surface area contributed by atoms with E-state index in [9.17, 15) is 0 Å². The molecule has 9 aromatic carbocycles. The van der Waals surface area contributed by atoms with Crippen molar-refractivity contribution in [3.8, 4) is 11.1 Å². The predicted molar refractivity (Wildman–Crippen MR) is 204 cm³/mol. The maximum atomic E-state index is 6.22. The maximum absolute atomic E-state index is 6.22. The quantitative estimate of drug-likeness (QED) is 0.184. The van der Waals surface area contributed by atoms with Crippen molar-refractivity contribution < 1.29 is 4.42 Å². The van der Waals surface area contributed by atoms with Crippen molar-refractivity contribution >= 4 is 82.1 Å². The topological polar surface area (TPSA) is 16.4 Å². The molecule has 10 rings (SSSR count). The Bertz CT molecular complexity index is 2850. The van der Waals surface area contributed by atoms with E-state index in [1.807, 2.05) is 12.1 Å². The molecule has 0 saturated carbocycles. The monoisotopic (exact) mass is 611 g/mol. The first-order valence-corrected chi connectivity index (χ1v) is 16.4. The van der Waals surface area contributed by atoms with Gasteiger partial charge in [-0.3, -0.25) is 0 Å². The number of furan rings is 1. The van der Waals surface area contributed by atoms with E-state index in [0.717, 1.165) is 39.0 Å². The highest BCUT2D eigenvalue weighted by Gasteiger charge is 2.18. The van der Waals surface area contributed by atoms with Crippen LogP contribution in [0.15, 0.2) is 180 Å². The third-order valence-corrected chi connectivity index (χ3v) is 9.79. The molecular weight excluding hydrogens is 583 g/mol. The predicted octanol–water partition coefficient (Wildman–Crippen LogP) is 13.3. The molecule has 0 spiro atoms. The van der Waals surface area contributed by atoms with E-state index in [4.69, 9.17) is 4.42 Å². The molecule has 0 radical (unpaired) electrons. The Morgan fingerprint density at radius 1 is 0.312 bits per heavy atom. The SMILES string of the molecule is c1ccc(-c2cccc(N(c3ccc4c(ccc5cc6oc7ccccc7c6cc54)c3)c3cccc4c3ccc3ccccc34)c2)cc1. The van der Waals surface area contributed by atoms with Gasteiger partial charge in [-0.2, -0.15) is 0 Å². The van der Waals surface area contributed by atoms with Crippen LogP contribution in [0.5, 0.6) is 0 Å². The van der Waals surface area contributed by atoms with E-state index < -0.39 is 0 Å². The number of hydrogen-bond acceptors (Lipinski definition) is 2. The van der Waals surface area contributed by atoms with Crippen molar-refractivity contribution in [2.75, 3.05) is 4.90 Å². The first-order valence-electron chi connectivity index (χ1n) is 16.4. The van der Waals surface area contributed by atoms with Crippen LogP contribution >= 0.6 is 0 Å². The summed E-state index contributed by atoms with van der Waals surface area (Å²) in [6, 6.07) is 63.5. The number of fused-ring (bicyclic) bond motifs is 9. The van der Waals surface area contributed by atoms with E-state index >= 15 is 0 Å². The van der Waals surface area contributed by atoms with Gasteiger partial charge in [0.05, 0.1) is 5.69 Å². The van der Waals surface area contributed by atoms with E-state index in [1.54, 1.807) is 0 Å². The molecule has 0 fully saturated rings. The average Bonchev–Trinajstić information content (AvgIpc) is 3.52. The van der Waals surface area contributed by atoms with Gasteiger partial charge in [-0.1, -0.05) is 127 Å². The highest BCUT2D eigenvalue weighted by Crippen LogP contribution is 2.43. The lowest BCUT2D eigenvalue weighted by Crippen LogP contribution is -2.10. The molecule has 1 heterocycles. The second kappa shape index (κ2) is 10.6. The van der Waals surface area contributed by atoms with Crippen LogP contribution in [-0.4, -0.2) is 0 Å². The third-order valence-electron chi connectivity index (χ3n) is 9.79. The number of benzene rings is 9. The maximum Gasteiger partial charge on any atom is 0.136 e. The molecule has 1 aromatic heterocycles. The number of nitrogens with zero attached hydrogens (tertiary/aromatic N) is 1. The van der Waals surface area contributed by atoms with Gasteiger partial charge in [0.2, 0.25) is 0 Å². The molecule has 0 atom stereocenters. The van der Waals surface area contributed by atoms with Crippen molar-refractivity contribution in [1.82, 2.24) is 0 Å². The van der Waals surface area contributed by atoms with Crippen LogP contribution in [0.3, 0.4) is 0 Å². The lowest BCUT2D eigenvalue weighted by atomic mass is 9.97. The Hall–Kier alpha value is -6.38. The third kappa shape index (κ3) is 4.20. The van der Waals surface area contributed by atoms with Crippen LogP contribution in [0, 0.1) is 0 Å². The smallest absolute Gasteiger partial charge is 0.136 e. The largest absolute Gasteiger partial charge is 0.456 e. The minimum absolute atomic E-state index is 0.922. The Labute approximate surface area is 277 Å². The summed E-state index contributed by atoms with van der Waals surface area (Å²) in [5.41, 5.74) is 7.61. The van der Waals surface area contributed by atoms with Crippen molar-refractivity contribution in [2.45, 2.75) is 0 Å². The van der Waals surface area contributed by atoms with Crippen molar-refractivity contribution in [2.24, 2.45) is 0 Å². The lowest BCUT2D eigenvalue weighted by molar-refractivity contribution is 0.669. The molecule has 48 heavy (non-hydrogen) atoms. The van der Waals surface area contributed by atoms with Gasteiger partial charge in [-0.15, -0.1) is 0 Å². The van der Waals surface area contributed by atoms with E-state index in [0.29, 0.717) is 0 Å². The average molecular weight is 612 g/mol. The summed E-state index contributed by atoms with van der Waals surface area (Å²) in [6.45, 7) is 0. The summed E-state index contributed by atoms with van der Waals surface area (Å²) in [6.07, 6.45) is 0. The minimum Gasteiger partial charge on any atom is -0.456 e. The fraction of sp³-hybridized carbons (Fsp3) is 0. The zero-order chi connectivity index (χ0) is 31.6. The van der Waals surface area contributed by atoms with Crippen LogP contribution in [0.2, 0.25) is 0 Å². The van der Waals surface area contributed by atoms with Crippen molar-refractivity contribution in [3.63, 3.8) is 0 Å². The van der Waals surface area contributed by atoms with Crippen LogP contribution in [0.1, 0.15) is 0 Å². The van der Waals surface area contributed by atoms with Gasteiger partial charge in [-0.25, -0.2) is 0 Å². The summed E-state index contributed by atoms with van der Waals surface area (Å²) in [5.74, 6) is 0. The summed E-state index contributed by atoms with van der Waals surface area (Å²) in [5, 5.41) is 12.1. The Morgan fingerprint density at radius 3 is 1.90 bits per heavy atom. The van der Waals surface area contributed by atoms with Gasteiger partial charge in [0.25, 0.3) is 0 Å². The summed E-state index contributed by atoms with van der Waals surface area (Å²) >= 11 is 0.